The van der Waals surface area contributed by atoms with E-state index in [-0.39, 0.29) is 11.5 Å². The van der Waals surface area contributed by atoms with Gasteiger partial charge in [0, 0.05) is 5.92 Å². The molecule has 134 valence electrons. The Morgan fingerprint density at radius 2 is 1.69 bits per heavy atom. The number of fused-ring (bicyclic) bond motifs is 1. The summed E-state index contributed by atoms with van der Waals surface area (Å²) in [5.74, 6) is 1.73. The van der Waals surface area contributed by atoms with Crippen molar-refractivity contribution >= 4 is 12.0 Å². The van der Waals surface area contributed by atoms with Crippen LogP contribution in [-0.2, 0) is 9.47 Å². The van der Waals surface area contributed by atoms with Crippen LogP contribution in [0, 0.1) is 5.41 Å². The Morgan fingerprint density at radius 1 is 1.00 bits per heavy atom. The van der Waals surface area contributed by atoms with Gasteiger partial charge in [0.25, 0.3) is 0 Å². The fourth-order valence-electron chi connectivity index (χ4n) is 4.16. The molecule has 2 aromatic rings. The number of nitrogens with zero attached hydrogens (tertiary/aromatic N) is 1. The van der Waals surface area contributed by atoms with Gasteiger partial charge in [0.15, 0.2) is 5.90 Å². The first kappa shape index (κ1) is 16.9. The van der Waals surface area contributed by atoms with Crippen molar-refractivity contribution in [3.8, 4) is 0 Å². The van der Waals surface area contributed by atoms with Crippen LogP contribution in [0.15, 0.2) is 65.3 Å². The molecule has 0 amide bonds. The molecule has 2 aliphatic rings. The van der Waals surface area contributed by atoms with Gasteiger partial charge in [0.1, 0.15) is 17.8 Å². The molecule has 0 saturated heterocycles. The summed E-state index contributed by atoms with van der Waals surface area (Å²) in [6.07, 6.45) is 2.13. The third kappa shape index (κ3) is 2.54. The molecule has 0 spiro atoms. The highest BCUT2D eigenvalue weighted by Crippen LogP contribution is 2.53. The van der Waals surface area contributed by atoms with E-state index in [1.54, 1.807) is 7.11 Å². The van der Waals surface area contributed by atoms with Gasteiger partial charge in [-0.2, -0.15) is 0 Å². The summed E-state index contributed by atoms with van der Waals surface area (Å²) >= 11 is 0. The van der Waals surface area contributed by atoms with Gasteiger partial charge in [-0.15, -0.1) is 0 Å². The van der Waals surface area contributed by atoms with Gasteiger partial charge in [0.05, 0.1) is 12.6 Å². The van der Waals surface area contributed by atoms with Gasteiger partial charge < -0.3 is 9.47 Å². The largest absolute Gasteiger partial charge is 0.500 e. The Labute approximate surface area is 155 Å². The molecule has 0 aromatic heterocycles. The maximum absolute atomic E-state index is 6.14. The van der Waals surface area contributed by atoms with E-state index in [1.807, 2.05) is 0 Å². The van der Waals surface area contributed by atoms with Crippen LogP contribution in [0.2, 0.25) is 0 Å². The number of hydrogen-bond acceptors (Lipinski definition) is 3. The Bertz CT molecular complexity index is 882. The third-order valence-electron chi connectivity index (χ3n) is 5.45. The number of rotatable bonds is 3. The summed E-state index contributed by atoms with van der Waals surface area (Å²) < 4.78 is 12.0. The number of ether oxygens (including phenoxy) is 2. The molecule has 0 bridgehead atoms. The van der Waals surface area contributed by atoms with E-state index in [4.69, 9.17) is 14.5 Å². The molecule has 0 saturated carbocycles. The van der Waals surface area contributed by atoms with E-state index in [2.05, 4.69) is 81.4 Å². The lowest BCUT2D eigenvalue weighted by atomic mass is 9.64. The van der Waals surface area contributed by atoms with Gasteiger partial charge in [-0.3, -0.25) is 0 Å². The SMILES string of the molecule is COC1=Cc2ccccc2[C@@H](c2ccccc2)[C@@]1(C)C1=NC(C)(C)CO1. The molecule has 3 heteroatoms. The highest BCUT2D eigenvalue weighted by Gasteiger charge is 2.51. The van der Waals surface area contributed by atoms with Crippen LogP contribution in [0.4, 0.5) is 0 Å². The fraction of sp³-hybridized carbons (Fsp3) is 0.348. The molecule has 26 heavy (non-hydrogen) atoms. The van der Waals surface area contributed by atoms with Gasteiger partial charge in [-0.05, 0) is 43.5 Å². The van der Waals surface area contributed by atoms with E-state index in [0.717, 1.165) is 11.7 Å². The van der Waals surface area contributed by atoms with Crippen molar-refractivity contribution in [2.75, 3.05) is 13.7 Å². The lowest BCUT2D eigenvalue weighted by Gasteiger charge is -2.41. The quantitative estimate of drug-likeness (QED) is 0.779. The standard InChI is InChI=1S/C23H25NO2/c1-22(2)15-26-21(24-22)23(3)19(25-4)14-17-12-8-9-13-18(17)20(23)16-10-6-5-7-11-16/h5-14,20H,15H2,1-4H3/t20-,23+/m1/s1. The normalized spacial score (nSPS) is 26.4. The minimum absolute atomic E-state index is 0.0764. The average Bonchev–Trinajstić information content (AvgIpc) is 3.02. The Hall–Kier alpha value is -2.55. The Morgan fingerprint density at radius 3 is 2.35 bits per heavy atom. The van der Waals surface area contributed by atoms with Crippen molar-refractivity contribution in [3.05, 3.63) is 77.0 Å². The molecule has 3 nitrogen and oxygen atoms in total. The molecule has 4 rings (SSSR count). The summed E-state index contributed by atoms with van der Waals surface area (Å²) in [6, 6.07) is 19.1. The monoisotopic (exact) mass is 347 g/mol. The molecule has 0 N–H and O–H groups in total. The number of hydrogen-bond donors (Lipinski definition) is 0. The van der Waals surface area contributed by atoms with Crippen molar-refractivity contribution in [2.45, 2.75) is 32.2 Å². The first-order chi connectivity index (χ1) is 12.5. The molecule has 0 fully saturated rings. The lowest BCUT2D eigenvalue weighted by molar-refractivity contribution is 0.181. The molecule has 1 aliphatic heterocycles. The van der Waals surface area contributed by atoms with E-state index in [1.165, 1.54) is 16.7 Å². The second kappa shape index (κ2) is 6.01. The maximum Gasteiger partial charge on any atom is 0.198 e. The van der Waals surface area contributed by atoms with Gasteiger partial charge >= 0.3 is 0 Å². The molecular weight excluding hydrogens is 322 g/mol. The molecular formula is C23H25NO2. The Kier molecular flexibility index (Phi) is 3.91. The second-order valence-electron chi connectivity index (χ2n) is 7.91. The zero-order valence-corrected chi connectivity index (χ0v) is 15.8. The second-order valence-corrected chi connectivity index (χ2v) is 7.91. The summed E-state index contributed by atoms with van der Waals surface area (Å²) in [5.41, 5.74) is 3.00. The molecule has 1 heterocycles. The van der Waals surface area contributed by atoms with Crippen LogP contribution in [0.25, 0.3) is 6.08 Å². The predicted octanol–water partition coefficient (Wildman–Crippen LogP) is 5.03. The van der Waals surface area contributed by atoms with Crippen LogP contribution in [-0.4, -0.2) is 25.2 Å². The van der Waals surface area contributed by atoms with Gasteiger partial charge in [-0.25, -0.2) is 4.99 Å². The summed E-state index contributed by atoms with van der Waals surface area (Å²) in [6.45, 7) is 7.00. The minimum Gasteiger partial charge on any atom is -0.500 e. The molecule has 2 atom stereocenters. The maximum atomic E-state index is 6.14. The highest BCUT2D eigenvalue weighted by molar-refractivity contribution is 5.91. The highest BCUT2D eigenvalue weighted by atomic mass is 16.5. The third-order valence-corrected chi connectivity index (χ3v) is 5.45. The number of benzene rings is 2. The van der Waals surface area contributed by atoms with Crippen LogP contribution >= 0.6 is 0 Å². The van der Waals surface area contributed by atoms with E-state index in [9.17, 15) is 0 Å². The van der Waals surface area contributed by atoms with Gasteiger partial charge in [0.2, 0.25) is 0 Å². The van der Waals surface area contributed by atoms with Crippen molar-refractivity contribution in [2.24, 2.45) is 10.4 Å². The van der Waals surface area contributed by atoms with Crippen molar-refractivity contribution < 1.29 is 9.47 Å². The first-order valence-electron chi connectivity index (χ1n) is 9.09. The lowest BCUT2D eigenvalue weighted by Crippen LogP contribution is -2.40. The van der Waals surface area contributed by atoms with Crippen LogP contribution in [0.3, 0.4) is 0 Å². The molecule has 1 aliphatic carbocycles. The van der Waals surface area contributed by atoms with Gasteiger partial charge in [-0.1, -0.05) is 54.6 Å². The van der Waals surface area contributed by atoms with Crippen molar-refractivity contribution in [1.29, 1.82) is 0 Å². The molecule has 0 unspecified atom stereocenters. The smallest absolute Gasteiger partial charge is 0.198 e. The predicted molar refractivity (Wildman–Crippen MR) is 105 cm³/mol. The summed E-state index contributed by atoms with van der Waals surface area (Å²) in [5, 5.41) is 0. The van der Waals surface area contributed by atoms with Crippen LogP contribution in [0.5, 0.6) is 0 Å². The van der Waals surface area contributed by atoms with E-state index < -0.39 is 5.41 Å². The number of aliphatic imine (C=N–C) groups is 1. The zero-order valence-electron chi connectivity index (χ0n) is 15.8. The number of methoxy groups -OCH3 is 1. The first-order valence-corrected chi connectivity index (χ1v) is 9.09. The average molecular weight is 347 g/mol. The zero-order chi connectivity index (χ0) is 18.4. The topological polar surface area (TPSA) is 30.8 Å². The molecule has 2 aromatic carbocycles. The fourth-order valence-corrected chi connectivity index (χ4v) is 4.16. The van der Waals surface area contributed by atoms with Crippen LogP contribution < -0.4 is 0 Å². The van der Waals surface area contributed by atoms with Crippen LogP contribution in [0.1, 0.15) is 43.4 Å². The van der Waals surface area contributed by atoms with Crippen molar-refractivity contribution in [1.82, 2.24) is 0 Å². The van der Waals surface area contributed by atoms with E-state index >= 15 is 0 Å². The Balaban J connectivity index is 1.98. The van der Waals surface area contributed by atoms with Crippen molar-refractivity contribution in [3.63, 3.8) is 0 Å². The summed E-state index contributed by atoms with van der Waals surface area (Å²) in [4.78, 5) is 4.94. The molecule has 0 radical (unpaired) electrons. The minimum atomic E-state index is -0.488. The van der Waals surface area contributed by atoms with E-state index in [0.29, 0.717) is 6.61 Å². The summed E-state index contributed by atoms with van der Waals surface area (Å²) in [7, 11) is 1.74.